The number of aryl methyl sites for hydroxylation is 1. The van der Waals surface area contributed by atoms with Crippen LogP contribution in [0.25, 0.3) is 0 Å². The van der Waals surface area contributed by atoms with Gasteiger partial charge in [0, 0.05) is 23.8 Å². The molecule has 15 heavy (non-hydrogen) atoms. The van der Waals surface area contributed by atoms with Gasteiger partial charge in [-0.15, -0.1) is 0 Å². The number of nitrogens with zero attached hydrogens (tertiary/aromatic N) is 1. The van der Waals surface area contributed by atoms with Gasteiger partial charge in [-0.3, -0.25) is 5.10 Å². The van der Waals surface area contributed by atoms with Gasteiger partial charge in [-0.25, -0.2) is 13.1 Å². The van der Waals surface area contributed by atoms with E-state index >= 15 is 0 Å². The number of nitrogens with two attached hydrogens (primary N) is 1. The molecule has 2 rings (SSSR count). The molecule has 0 spiro atoms. The maximum absolute atomic E-state index is 11.8. The van der Waals surface area contributed by atoms with E-state index in [4.69, 9.17) is 5.73 Å². The van der Waals surface area contributed by atoms with Crippen LogP contribution >= 0.6 is 0 Å². The van der Waals surface area contributed by atoms with Crippen molar-refractivity contribution in [1.82, 2.24) is 14.9 Å². The molecule has 1 aromatic heterocycles. The fourth-order valence-electron chi connectivity index (χ4n) is 1.37. The van der Waals surface area contributed by atoms with Crippen LogP contribution in [0, 0.1) is 6.92 Å². The van der Waals surface area contributed by atoms with Gasteiger partial charge in [-0.1, -0.05) is 0 Å². The van der Waals surface area contributed by atoms with Crippen molar-refractivity contribution in [3.05, 3.63) is 11.3 Å². The summed E-state index contributed by atoms with van der Waals surface area (Å²) in [6.45, 7) is 1.93. The summed E-state index contributed by atoms with van der Waals surface area (Å²) < 4.78 is 26.2. The van der Waals surface area contributed by atoms with Crippen molar-refractivity contribution in [3.63, 3.8) is 0 Å². The summed E-state index contributed by atoms with van der Waals surface area (Å²) in [7, 11) is -3.49. The van der Waals surface area contributed by atoms with E-state index in [9.17, 15) is 8.42 Å². The number of aromatic nitrogens is 2. The molecule has 1 aliphatic carbocycles. The molecule has 0 radical (unpaired) electrons. The molecule has 84 valence electrons. The van der Waals surface area contributed by atoms with Crippen LogP contribution in [-0.4, -0.2) is 24.7 Å². The molecule has 0 saturated heterocycles. The highest BCUT2D eigenvalue weighted by Gasteiger charge is 2.31. The summed E-state index contributed by atoms with van der Waals surface area (Å²) in [5.74, 6) is 0. The average Bonchev–Trinajstić information content (AvgIpc) is 2.85. The van der Waals surface area contributed by atoms with Crippen LogP contribution in [0.1, 0.15) is 24.1 Å². The van der Waals surface area contributed by atoms with E-state index in [-0.39, 0.29) is 17.6 Å². The third-order valence-corrected chi connectivity index (χ3v) is 3.88. The van der Waals surface area contributed by atoms with Crippen molar-refractivity contribution in [3.8, 4) is 0 Å². The summed E-state index contributed by atoms with van der Waals surface area (Å²) in [6.07, 6.45) is 1.81. The second-order valence-electron chi connectivity index (χ2n) is 3.73. The lowest BCUT2D eigenvalue weighted by Crippen LogP contribution is -2.27. The number of aromatic amines is 1. The number of H-pyrrole nitrogens is 1. The fraction of sp³-hybridized carbons (Fsp3) is 0.625. The van der Waals surface area contributed by atoms with Crippen LogP contribution in [0.2, 0.25) is 0 Å². The van der Waals surface area contributed by atoms with Crippen molar-refractivity contribution in [2.75, 3.05) is 0 Å². The molecule has 0 bridgehead atoms. The van der Waals surface area contributed by atoms with E-state index < -0.39 is 10.0 Å². The zero-order valence-corrected chi connectivity index (χ0v) is 9.26. The van der Waals surface area contributed by atoms with E-state index in [0.717, 1.165) is 12.8 Å². The molecule has 0 amide bonds. The summed E-state index contributed by atoms with van der Waals surface area (Å²) in [4.78, 5) is 0. The van der Waals surface area contributed by atoms with Gasteiger partial charge in [0.15, 0.2) is 5.03 Å². The Labute approximate surface area is 88.3 Å². The van der Waals surface area contributed by atoms with Gasteiger partial charge >= 0.3 is 0 Å². The Morgan fingerprint density at radius 3 is 2.80 bits per heavy atom. The molecule has 7 heteroatoms. The standard InChI is InChI=1S/C8H14N4O2S/c1-5-7(4-9)8(11-10-5)15(13,14)12-6-2-3-6/h6,12H,2-4,9H2,1H3,(H,10,11). The lowest BCUT2D eigenvalue weighted by atomic mass is 10.3. The average molecular weight is 230 g/mol. The zero-order valence-electron chi connectivity index (χ0n) is 8.45. The highest BCUT2D eigenvalue weighted by atomic mass is 32.2. The third kappa shape index (κ3) is 2.04. The maximum atomic E-state index is 11.8. The lowest BCUT2D eigenvalue weighted by molar-refractivity contribution is 0.575. The molecule has 1 aromatic rings. The smallest absolute Gasteiger partial charge is 0.260 e. The number of rotatable bonds is 4. The van der Waals surface area contributed by atoms with Crippen LogP contribution in [0.4, 0.5) is 0 Å². The van der Waals surface area contributed by atoms with Crippen molar-refractivity contribution in [2.45, 2.75) is 37.4 Å². The molecule has 1 heterocycles. The molecule has 6 nitrogen and oxygen atoms in total. The Hall–Kier alpha value is -0.920. The van der Waals surface area contributed by atoms with Crippen LogP contribution in [0.15, 0.2) is 5.03 Å². The Kier molecular flexibility index (Phi) is 2.53. The second-order valence-corrected chi connectivity index (χ2v) is 5.36. The SMILES string of the molecule is Cc1[nH]nc(S(=O)(=O)NC2CC2)c1CN. The maximum Gasteiger partial charge on any atom is 0.260 e. The second kappa shape index (κ2) is 3.58. The molecule has 0 aliphatic heterocycles. The van der Waals surface area contributed by atoms with E-state index in [0.29, 0.717) is 11.3 Å². The predicted octanol–water partition coefficient (Wildman–Crippen LogP) is -0.382. The Morgan fingerprint density at radius 1 is 1.60 bits per heavy atom. The number of hydrogen-bond acceptors (Lipinski definition) is 4. The third-order valence-electron chi connectivity index (χ3n) is 2.39. The van der Waals surface area contributed by atoms with Gasteiger partial charge in [0.1, 0.15) is 0 Å². The summed E-state index contributed by atoms with van der Waals surface area (Å²) in [5, 5.41) is 6.46. The zero-order chi connectivity index (χ0) is 11.1. The molecule has 0 atom stereocenters. The number of sulfonamides is 1. The van der Waals surface area contributed by atoms with Gasteiger partial charge in [0.05, 0.1) is 0 Å². The van der Waals surface area contributed by atoms with Crippen LogP contribution in [0.3, 0.4) is 0 Å². The van der Waals surface area contributed by atoms with Gasteiger partial charge in [-0.05, 0) is 19.8 Å². The largest absolute Gasteiger partial charge is 0.326 e. The minimum Gasteiger partial charge on any atom is -0.326 e. The van der Waals surface area contributed by atoms with Crippen LogP contribution < -0.4 is 10.5 Å². The quantitative estimate of drug-likeness (QED) is 0.656. The van der Waals surface area contributed by atoms with Gasteiger partial charge in [0.2, 0.25) is 0 Å². The summed E-state index contributed by atoms with van der Waals surface area (Å²) >= 11 is 0. The van der Waals surface area contributed by atoms with E-state index in [1.165, 1.54) is 0 Å². The highest BCUT2D eigenvalue weighted by molar-refractivity contribution is 7.89. The molecule has 0 aromatic carbocycles. The first-order chi connectivity index (χ1) is 7.04. The van der Waals surface area contributed by atoms with Crippen molar-refractivity contribution in [1.29, 1.82) is 0 Å². The van der Waals surface area contributed by atoms with Gasteiger partial charge in [0.25, 0.3) is 10.0 Å². The number of nitrogens with one attached hydrogen (secondary N) is 2. The minimum atomic E-state index is -3.49. The first-order valence-electron chi connectivity index (χ1n) is 4.81. The molecular formula is C8H14N4O2S. The van der Waals surface area contributed by atoms with Crippen molar-refractivity contribution >= 4 is 10.0 Å². The molecule has 4 N–H and O–H groups in total. The van der Waals surface area contributed by atoms with Gasteiger partial charge < -0.3 is 5.73 Å². The Morgan fingerprint density at radius 2 is 2.27 bits per heavy atom. The molecule has 0 unspecified atom stereocenters. The molecule has 1 fully saturated rings. The fourth-order valence-corrected chi connectivity index (χ4v) is 2.88. The lowest BCUT2D eigenvalue weighted by Gasteiger charge is -2.03. The molecule has 1 saturated carbocycles. The van der Waals surface area contributed by atoms with E-state index in [2.05, 4.69) is 14.9 Å². The topological polar surface area (TPSA) is 101 Å². The van der Waals surface area contributed by atoms with Crippen molar-refractivity contribution in [2.24, 2.45) is 5.73 Å². The predicted molar refractivity (Wildman–Crippen MR) is 54.6 cm³/mol. The molecular weight excluding hydrogens is 216 g/mol. The minimum absolute atomic E-state index is 0.0365. The highest BCUT2D eigenvalue weighted by Crippen LogP contribution is 2.23. The van der Waals surface area contributed by atoms with Crippen molar-refractivity contribution < 1.29 is 8.42 Å². The van der Waals surface area contributed by atoms with E-state index in [1.54, 1.807) is 6.92 Å². The van der Waals surface area contributed by atoms with Crippen LogP contribution in [0.5, 0.6) is 0 Å². The summed E-state index contributed by atoms with van der Waals surface area (Å²) in [5.41, 5.74) is 6.75. The first-order valence-corrected chi connectivity index (χ1v) is 6.29. The van der Waals surface area contributed by atoms with Gasteiger partial charge in [-0.2, -0.15) is 5.10 Å². The Bertz CT molecular complexity index is 461. The first kappa shape index (κ1) is 10.6. The monoisotopic (exact) mass is 230 g/mol. The van der Waals surface area contributed by atoms with Crippen LogP contribution in [-0.2, 0) is 16.6 Å². The summed E-state index contributed by atoms with van der Waals surface area (Å²) in [6, 6.07) is 0.0811. The Balaban J connectivity index is 2.34. The normalized spacial score (nSPS) is 16.9. The van der Waals surface area contributed by atoms with E-state index in [1.807, 2.05) is 0 Å². The number of hydrogen-bond donors (Lipinski definition) is 3. The molecule has 1 aliphatic rings.